The highest BCUT2D eigenvalue weighted by Crippen LogP contribution is 2.39. The summed E-state index contributed by atoms with van der Waals surface area (Å²) in [5.74, 6) is 0. The highest BCUT2D eigenvalue weighted by molar-refractivity contribution is 7.20. The summed E-state index contributed by atoms with van der Waals surface area (Å²) >= 11 is 1.46. The number of nitrogens with zero attached hydrogens (tertiary/aromatic N) is 4. The van der Waals surface area contributed by atoms with Crippen LogP contribution in [0.4, 0.5) is 10.8 Å². The molecule has 106 valence electrons. The van der Waals surface area contributed by atoms with Crippen molar-refractivity contribution >= 4 is 27.1 Å². The number of fused-ring (bicyclic) bond motifs is 2. The smallest absolute Gasteiger partial charge is 0.275 e. The number of hydrogen-bond donors (Lipinski definition) is 0. The molecule has 1 atom stereocenters. The van der Waals surface area contributed by atoms with E-state index in [1.54, 1.807) is 0 Å². The molecule has 1 aromatic carbocycles. The van der Waals surface area contributed by atoms with Crippen LogP contribution in [0.1, 0.15) is 18.2 Å². The lowest BCUT2D eigenvalue weighted by Crippen LogP contribution is -2.24. The number of aryl methyl sites for hydroxylation is 1. The number of benzene rings is 1. The van der Waals surface area contributed by atoms with Crippen molar-refractivity contribution in [3.63, 3.8) is 0 Å². The molecule has 1 aliphatic heterocycles. The van der Waals surface area contributed by atoms with Gasteiger partial charge in [0.2, 0.25) is 10.1 Å². The molecule has 6 heteroatoms. The van der Waals surface area contributed by atoms with Gasteiger partial charge in [-0.1, -0.05) is 29.5 Å². The van der Waals surface area contributed by atoms with Gasteiger partial charge < -0.3 is 4.90 Å². The predicted octanol–water partition coefficient (Wildman–Crippen LogP) is 2.54. The van der Waals surface area contributed by atoms with Gasteiger partial charge in [-0.05, 0) is 31.9 Å². The van der Waals surface area contributed by atoms with Crippen molar-refractivity contribution in [1.29, 1.82) is 0 Å². The Balaban J connectivity index is 1.91. The molecule has 0 saturated carbocycles. The summed E-state index contributed by atoms with van der Waals surface area (Å²) in [6.07, 6.45) is 0.994. The maximum atomic E-state index is 12.0. The van der Waals surface area contributed by atoms with Crippen molar-refractivity contribution in [2.45, 2.75) is 26.3 Å². The van der Waals surface area contributed by atoms with E-state index in [0.29, 0.717) is 11.0 Å². The summed E-state index contributed by atoms with van der Waals surface area (Å²) < 4.78 is 1.39. The predicted molar refractivity (Wildman–Crippen MR) is 83.6 cm³/mol. The lowest BCUT2D eigenvalue weighted by molar-refractivity contribution is 0.745. The van der Waals surface area contributed by atoms with E-state index in [0.717, 1.165) is 17.2 Å². The van der Waals surface area contributed by atoms with E-state index < -0.39 is 0 Å². The largest absolute Gasteiger partial charge is 0.313 e. The van der Waals surface area contributed by atoms with Gasteiger partial charge in [0.05, 0.1) is 0 Å². The van der Waals surface area contributed by atoms with Crippen molar-refractivity contribution in [2.75, 3.05) is 4.90 Å². The molecule has 21 heavy (non-hydrogen) atoms. The average molecular weight is 298 g/mol. The first-order valence-corrected chi connectivity index (χ1v) is 7.70. The first-order chi connectivity index (χ1) is 10.1. The Bertz CT molecular complexity index is 898. The lowest BCUT2D eigenvalue weighted by Gasteiger charge is -2.20. The Labute approximate surface area is 125 Å². The molecular formula is C15H14N4OS. The lowest BCUT2D eigenvalue weighted by atomic mass is 10.1. The van der Waals surface area contributed by atoms with Crippen molar-refractivity contribution in [3.8, 4) is 0 Å². The van der Waals surface area contributed by atoms with Crippen LogP contribution in [-0.4, -0.2) is 20.6 Å². The Morgan fingerprint density at radius 2 is 2.14 bits per heavy atom. The molecule has 3 heterocycles. The number of hydrogen-bond acceptors (Lipinski definition) is 5. The summed E-state index contributed by atoms with van der Waals surface area (Å²) in [4.78, 5) is 19.2. The second kappa shape index (κ2) is 4.39. The van der Waals surface area contributed by atoms with Gasteiger partial charge in [0.1, 0.15) is 0 Å². The summed E-state index contributed by atoms with van der Waals surface area (Å²) in [6, 6.07) is 10.2. The third-order valence-electron chi connectivity index (χ3n) is 3.78. The van der Waals surface area contributed by atoms with Crippen LogP contribution in [-0.2, 0) is 6.42 Å². The number of aromatic nitrogens is 3. The molecule has 3 aromatic rings. The molecule has 0 unspecified atom stereocenters. The molecule has 0 amide bonds. The third-order valence-corrected chi connectivity index (χ3v) is 4.68. The standard InChI is InChI=1S/C15H14N4OS/c1-9-7-13(20)19-14(16-9)21-15(17-19)18-10(2)8-11-5-3-4-6-12(11)18/h3-7,10H,8H2,1-2H3/t10-/m0/s1. The number of para-hydroxylation sites is 1. The van der Waals surface area contributed by atoms with Gasteiger partial charge in [0, 0.05) is 23.5 Å². The van der Waals surface area contributed by atoms with Gasteiger partial charge in [0.15, 0.2) is 0 Å². The van der Waals surface area contributed by atoms with E-state index >= 15 is 0 Å². The monoisotopic (exact) mass is 298 g/mol. The van der Waals surface area contributed by atoms with Gasteiger partial charge in [-0.25, -0.2) is 4.98 Å². The maximum absolute atomic E-state index is 12.0. The minimum Gasteiger partial charge on any atom is -0.313 e. The molecule has 0 saturated heterocycles. The minimum absolute atomic E-state index is 0.125. The topological polar surface area (TPSA) is 50.5 Å². The van der Waals surface area contributed by atoms with Gasteiger partial charge in [-0.15, -0.1) is 5.10 Å². The van der Waals surface area contributed by atoms with Crippen LogP contribution in [0.2, 0.25) is 0 Å². The van der Waals surface area contributed by atoms with E-state index in [1.165, 1.54) is 33.2 Å². The summed E-state index contributed by atoms with van der Waals surface area (Å²) in [5, 5.41) is 5.29. The molecule has 0 aliphatic carbocycles. The van der Waals surface area contributed by atoms with E-state index in [4.69, 9.17) is 0 Å². The molecule has 0 bridgehead atoms. The number of anilines is 2. The fourth-order valence-corrected chi connectivity index (χ4v) is 3.93. The second-order valence-electron chi connectivity index (χ2n) is 5.37. The van der Waals surface area contributed by atoms with Gasteiger partial charge in [-0.2, -0.15) is 4.52 Å². The highest BCUT2D eigenvalue weighted by atomic mass is 32.1. The molecule has 4 rings (SSSR count). The van der Waals surface area contributed by atoms with E-state index in [2.05, 4.69) is 40.1 Å². The van der Waals surface area contributed by atoms with Crippen molar-refractivity contribution in [3.05, 3.63) is 51.9 Å². The Morgan fingerprint density at radius 3 is 3.00 bits per heavy atom. The first kappa shape index (κ1) is 12.5. The minimum atomic E-state index is -0.125. The first-order valence-electron chi connectivity index (χ1n) is 6.88. The quantitative estimate of drug-likeness (QED) is 0.693. The van der Waals surface area contributed by atoms with Crippen molar-refractivity contribution in [2.24, 2.45) is 0 Å². The second-order valence-corrected chi connectivity index (χ2v) is 6.30. The molecular weight excluding hydrogens is 284 g/mol. The van der Waals surface area contributed by atoms with Gasteiger partial charge >= 0.3 is 0 Å². The van der Waals surface area contributed by atoms with E-state index in [1.807, 2.05) is 13.0 Å². The maximum Gasteiger partial charge on any atom is 0.275 e. The Morgan fingerprint density at radius 1 is 1.33 bits per heavy atom. The van der Waals surface area contributed by atoms with Gasteiger partial charge in [-0.3, -0.25) is 4.79 Å². The molecule has 5 nitrogen and oxygen atoms in total. The summed E-state index contributed by atoms with van der Waals surface area (Å²) in [5.41, 5.74) is 3.10. The Hall–Kier alpha value is -2.21. The van der Waals surface area contributed by atoms with E-state index in [9.17, 15) is 4.79 Å². The molecule has 2 aromatic heterocycles. The molecule has 0 N–H and O–H groups in total. The van der Waals surface area contributed by atoms with Crippen LogP contribution in [0.25, 0.3) is 4.96 Å². The van der Waals surface area contributed by atoms with Crippen molar-refractivity contribution in [1.82, 2.24) is 14.6 Å². The van der Waals surface area contributed by atoms with Crippen LogP contribution in [0.15, 0.2) is 35.1 Å². The number of rotatable bonds is 1. The SMILES string of the molecule is Cc1cc(=O)n2nc(N3c4ccccc4C[C@@H]3C)sc2n1. The van der Waals surface area contributed by atoms with E-state index in [-0.39, 0.29) is 5.56 Å². The molecule has 0 radical (unpaired) electrons. The van der Waals surface area contributed by atoms with Crippen LogP contribution < -0.4 is 10.5 Å². The van der Waals surface area contributed by atoms with Gasteiger partial charge in [0.25, 0.3) is 5.56 Å². The molecule has 1 aliphatic rings. The van der Waals surface area contributed by atoms with Crippen LogP contribution in [0.3, 0.4) is 0 Å². The zero-order chi connectivity index (χ0) is 14.6. The Kier molecular flexibility index (Phi) is 2.62. The molecule has 0 spiro atoms. The van der Waals surface area contributed by atoms with Crippen LogP contribution in [0, 0.1) is 6.92 Å². The normalized spacial score (nSPS) is 17.4. The van der Waals surface area contributed by atoms with Crippen molar-refractivity contribution < 1.29 is 0 Å². The zero-order valence-corrected chi connectivity index (χ0v) is 12.6. The summed E-state index contributed by atoms with van der Waals surface area (Å²) in [6.45, 7) is 4.00. The average Bonchev–Trinajstić information content (AvgIpc) is 2.98. The summed E-state index contributed by atoms with van der Waals surface area (Å²) in [7, 11) is 0. The van der Waals surface area contributed by atoms with Crippen LogP contribution >= 0.6 is 11.3 Å². The fourth-order valence-electron chi connectivity index (χ4n) is 2.86. The van der Waals surface area contributed by atoms with Crippen LogP contribution in [0.5, 0.6) is 0 Å². The highest BCUT2D eigenvalue weighted by Gasteiger charge is 2.29. The molecule has 0 fully saturated rings. The fraction of sp³-hybridized carbons (Fsp3) is 0.267. The zero-order valence-electron chi connectivity index (χ0n) is 11.8. The third kappa shape index (κ3) is 1.86.